The second-order valence-corrected chi connectivity index (χ2v) is 7.28. The number of hydrogen-bond acceptors (Lipinski definition) is 1. The summed E-state index contributed by atoms with van der Waals surface area (Å²) in [4.78, 5) is 0. The number of rotatable bonds is 13. The zero-order valence-electron chi connectivity index (χ0n) is 12.7. The summed E-state index contributed by atoms with van der Waals surface area (Å²) in [5.74, 6) is 0.744. The minimum atomic E-state index is -1.27. The first-order valence-corrected chi connectivity index (χ1v) is 10.2. The molecule has 0 aliphatic heterocycles. The lowest BCUT2D eigenvalue weighted by molar-refractivity contribution is 0.323. The van der Waals surface area contributed by atoms with Gasteiger partial charge in [-0.05, 0) is 25.7 Å². The van der Waals surface area contributed by atoms with Gasteiger partial charge in [-0.25, -0.2) is 0 Å². The zero-order chi connectivity index (χ0) is 14.2. The Labute approximate surface area is 126 Å². The molecule has 112 valence electrons. The lowest BCUT2D eigenvalue weighted by Crippen LogP contribution is -2.14. The minimum Gasteiger partial charge on any atom is -0.412 e. The maximum absolute atomic E-state index is 6.01. The SMILES string of the molecule is CCCCC=C[SiH](C=CCCCC)OCCCCCl. The standard InChI is InChI=1S/C16H31ClOSi/c1-3-5-7-11-15-19(16-12-8-6-4-2)18-14-10-9-13-17/h11-12,15-16,19H,3-10,13-14H2,1-2H3. The molecule has 0 amide bonds. The van der Waals surface area contributed by atoms with Gasteiger partial charge in [-0.2, -0.15) is 0 Å². The van der Waals surface area contributed by atoms with E-state index in [1.165, 1.54) is 38.5 Å². The van der Waals surface area contributed by atoms with Gasteiger partial charge in [0.1, 0.15) is 0 Å². The van der Waals surface area contributed by atoms with E-state index in [1.54, 1.807) is 0 Å². The maximum Gasteiger partial charge on any atom is 0.224 e. The van der Waals surface area contributed by atoms with Crippen LogP contribution < -0.4 is 0 Å². The first-order valence-electron chi connectivity index (χ1n) is 7.86. The summed E-state index contributed by atoms with van der Waals surface area (Å²) in [5.41, 5.74) is 4.66. The molecule has 0 rings (SSSR count). The number of unbranched alkanes of at least 4 members (excludes halogenated alkanes) is 5. The van der Waals surface area contributed by atoms with Crippen LogP contribution >= 0.6 is 11.6 Å². The molecule has 0 aliphatic carbocycles. The summed E-state index contributed by atoms with van der Waals surface area (Å²) in [5, 5.41) is 0. The van der Waals surface area contributed by atoms with Crippen LogP contribution in [-0.4, -0.2) is 21.5 Å². The van der Waals surface area contributed by atoms with Crippen LogP contribution in [0.5, 0.6) is 0 Å². The van der Waals surface area contributed by atoms with Gasteiger partial charge >= 0.3 is 0 Å². The lowest BCUT2D eigenvalue weighted by Gasteiger charge is -2.08. The Bertz CT molecular complexity index is 211. The summed E-state index contributed by atoms with van der Waals surface area (Å²) in [6.45, 7) is 5.33. The van der Waals surface area contributed by atoms with E-state index in [1.807, 2.05) is 0 Å². The van der Waals surface area contributed by atoms with E-state index in [9.17, 15) is 0 Å². The second-order valence-electron chi connectivity index (χ2n) is 4.87. The molecule has 0 saturated heterocycles. The largest absolute Gasteiger partial charge is 0.412 e. The third-order valence-corrected chi connectivity index (χ3v) is 5.13. The number of allylic oxidation sites excluding steroid dienone is 2. The highest BCUT2D eigenvalue weighted by Crippen LogP contribution is 2.02. The smallest absolute Gasteiger partial charge is 0.224 e. The van der Waals surface area contributed by atoms with Crippen molar-refractivity contribution < 1.29 is 4.43 Å². The molecule has 0 radical (unpaired) electrons. The fourth-order valence-electron chi connectivity index (χ4n) is 1.70. The van der Waals surface area contributed by atoms with Crippen LogP contribution in [-0.2, 0) is 4.43 Å². The Morgan fingerprint density at radius 3 is 1.95 bits per heavy atom. The van der Waals surface area contributed by atoms with Gasteiger partial charge in [0.25, 0.3) is 0 Å². The highest BCUT2D eigenvalue weighted by Gasteiger charge is 2.02. The third kappa shape index (κ3) is 14.2. The molecule has 0 aromatic heterocycles. The average molecular weight is 303 g/mol. The molecule has 19 heavy (non-hydrogen) atoms. The van der Waals surface area contributed by atoms with Gasteiger partial charge in [0.15, 0.2) is 0 Å². The molecule has 0 aromatic rings. The lowest BCUT2D eigenvalue weighted by atomic mass is 10.2. The minimum absolute atomic E-state index is 0.744. The van der Waals surface area contributed by atoms with E-state index in [0.717, 1.165) is 25.3 Å². The molecule has 0 saturated carbocycles. The molecule has 0 aromatic carbocycles. The van der Waals surface area contributed by atoms with Crippen molar-refractivity contribution in [3.8, 4) is 0 Å². The van der Waals surface area contributed by atoms with Crippen molar-refractivity contribution in [3.05, 3.63) is 23.6 Å². The van der Waals surface area contributed by atoms with Crippen LogP contribution in [0.25, 0.3) is 0 Å². The van der Waals surface area contributed by atoms with Crippen LogP contribution in [0.2, 0.25) is 0 Å². The third-order valence-electron chi connectivity index (χ3n) is 2.94. The fourth-order valence-corrected chi connectivity index (χ4v) is 3.60. The predicted octanol–water partition coefficient (Wildman–Crippen LogP) is 5.32. The molecule has 0 N–H and O–H groups in total. The molecule has 0 bridgehead atoms. The van der Waals surface area contributed by atoms with E-state index >= 15 is 0 Å². The van der Waals surface area contributed by atoms with Crippen molar-refractivity contribution in [2.24, 2.45) is 0 Å². The normalized spacial score (nSPS) is 13.6. The maximum atomic E-state index is 6.01. The van der Waals surface area contributed by atoms with E-state index < -0.39 is 9.04 Å². The second kappa shape index (κ2) is 16.0. The van der Waals surface area contributed by atoms with E-state index in [-0.39, 0.29) is 0 Å². The highest BCUT2D eigenvalue weighted by molar-refractivity contribution is 6.63. The Kier molecular flexibility index (Phi) is 16.0. The van der Waals surface area contributed by atoms with E-state index in [0.29, 0.717) is 0 Å². The summed E-state index contributed by atoms with van der Waals surface area (Å²) < 4.78 is 6.01. The van der Waals surface area contributed by atoms with Crippen LogP contribution in [0.1, 0.15) is 65.2 Å². The molecule has 1 nitrogen and oxygen atoms in total. The monoisotopic (exact) mass is 302 g/mol. The summed E-state index contributed by atoms with van der Waals surface area (Å²) in [6, 6.07) is 0. The molecule has 3 heteroatoms. The van der Waals surface area contributed by atoms with Gasteiger partial charge in [-0.15, -0.1) is 11.6 Å². The van der Waals surface area contributed by atoms with E-state index in [2.05, 4.69) is 37.4 Å². The molecule has 0 aliphatic rings. The van der Waals surface area contributed by atoms with Crippen LogP contribution in [0, 0.1) is 0 Å². The molecule has 0 heterocycles. The average Bonchev–Trinajstić information content (AvgIpc) is 2.43. The van der Waals surface area contributed by atoms with Crippen molar-refractivity contribution in [2.45, 2.75) is 65.2 Å². The van der Waals surface area contributed by atoms with Crippen molar-refractivity contribution in [2.75, 3.05) is 12.5 Å². The van der Waals surface area contributed by atoms with Crippen LogP contribution in [0.3, 0.4) is 0 Å². The van der Waals surface area contributed by atoms with Crippen molar-refractivity contribution >= 4 is 20.6 Å². The van der Waals surface area contributed by atoms with Gasteiger partial charge in [-0.1, -0.05) is 63.1 Å². The quantitative estimate of drug-likeness (QED) is 0.254. The fraction of sp³-hybridized carbons (Fsp3) is 0.750. The van der Waals surface area contributed by atoms with Crippen molar-refractivity contribution in [1.29, 1.82) is 0 Å². The van der Waals surface area contributed by atoms with E-state index in [4.69, 9.17) is 16.0 Å². The summed E-state index contributed by atoms with van der Waals surface area (Å²) >= 11 is 5.68. The predicted molar refractivity (Wildman–Crippen MR) is 90.4 cm³/mol. The molecule has 0 spiro atoms. The molecular formula is C16H31ClOSi. The van der Waals surface area contributed by atoms with Gasteiger partial charge in [0, 0.05) is 12.5 Å². The van der Waals surface area contributed by atoms with Crippen LogP contribution in [0.4, 0.5) is 0 Å². The van der Waals surface area contributed by atoms with Gasteiger partial charge in [-0.3, -0.25) is 0 Å². The Hall–Kier alpha value is -0.0531. The number of halogens is 1. The molecule has 0 atom stereocenters. The topological polar surface area (TPSA) is 9.23 Å². The first kappa shape index (κ1) is 18.9. The Morgan fingerprint density at radius 1 is 0.895 bits per heavy atom. The Balaban J connectivity index is 3.98. The first-order chi connectivity index (χ1) is 9.35. The number of hydrogen-bond donors (Lipinski definition) is 0. The zero-order valence-corrected chi connectivity index (χ0v) is 14.7. The van der Waals surface area contributed by atoms with Crippen LogP contribution in [0.15, 0.2) is 23.6 Å². The molecular weight excluding hydrogens is 272 g/mol. The Morgan fingerprint density at radius 2 is 1.47 bits per heavy atom. The van der Waals surface area contributed by atoms with Gasteiger partial charge in [0.05, 0.1) is 0 Å². The molecule has 0 fully saturated rings. The van der Waals surface area contributed by atoms with Crippen molar-refractivity contribution in [3.63, 3.8) is 0 Å². The molecule has 0 unspecified atom stereocenters. The van der Waals surface area contributed by atoms with Gasteiger partial charge in [0.2, 0.25) is 9.04 Å². The summed E-state index contributed by atoms with van der Waals surface area (Å²) in [7, 11) is -1.27. The highest BCUT2D eigenvalue weighted by atomic mass is 35.5. The van der Waals surface area contributed by atoms with Gasteiger partial charge < -0.3 is 4.43 Å². The summed E-state index contributed by atoms with van der Waals surface area (Å²) in [6.07, 6.45) is 14.2. The van der Waals surface area contributed by atoms with Crippen molar-refractivity contribution in [1.82, 2.24) is 0 Å². The number of alkyl halides is 1.